The first-order chi connectivity index (χ1) is 9.95. The highest BCUT2D eigenvalue weighted by atomic mass is 32.1. The van der Waals surface area contributed by atoms with Crippen LogP contribution >= 0.6 is 11.3 Å². The highest BCUT2D eigenvalue weighted by Crippen LogP contribution is 2.21. The van der Waals surface area contributed by atoms with Crippen LogP contribution in [0.1, 0.15) is 38.8 Å². The number of hydrogen-bond acceptors (Lipinski definition) is 6. The predicted octanol–water partition coefficient (Wildman–Crippen LogP) is 2.39. The quantitative estimate of drug-likeness (QED) is 0.746. The van der Waals surface area contributed by atoms with Gasteiger partial charge in [-0.1, -0.05) is 6.92 Å². The Labute approximate surface area is 128 Å². The second kappa shape index (κ2) is 8.09. The van der Waals surface area contributed by atoms with Crippen molar-refractivity contribution >= 4 is 28.3 Å². The van der Waals surface area contributed by atoms with Crippen LogP contribution in [0.25, 0.3) is 0 Å². The molecule has 0 aliphatic heterocycles. The zero-order chi connectivity index (χ0) is 15.9. The molecule has 0 aliphatic rings. The van der Waals surface area contributed by atoms with Crippen molar-refractivity contribution in [2.75, 3.05) is 19.5 Å². The molecule has 1 aromatic rings. The largest absolute Gasteiger partial charge is 0.469 e. The fraction of sp³-hybridized carbons (Fsp3) is 0.643. The van der Waals surface area contributed by atoms with Gasteiger partial charge < -0.3 is 9.47 Å². The standard InChI is InChI=1S/C14H22N2O4S/c1-5-14(2,20-4)12(18)16-13-15-10(9-21-13)7-6-8-11(17)19-3/h9H,5-8H2,1-4H3,(H,15,16,18). The van der Waals surface area contributed by atoms with E-state index in [9.17, 15) is 9.59 Å². The molecule has 1 unspecified atom stereocenters. The van der Waals surface area contributed by atoms with Gasteiger partial charge in [0.05, 0.1) is 12.8 Å². The van der Waals surface area contributed by atoms with E-state index in [-0.39, 0.29) is 11.9 Å². The van der Waals surface area contributed by atoms with Crippen molar-refractivity contribution in [1.29, 1.82) is 0 Å². The number of methoxy groups -OCH3 is 2. The lowest BCUT2D eigenvalue weighted by Gasteiger charge is -2.24. The highest BCUT2D eigenvalue weighted by molar-refractivity contribution is 7.13. The minimum atomic E-state index is -0.850. The molecule has 1 atom stereocenters. The first-order valence-electron chi connectivity index (χ1n) is 6.83. The van der Waals surface area contributed by atoms with Gasteiger partial charge >= 0.3 is 5.97 Å². The number of carbonyl (C=O) groups is 2. The number of aromatic nitrogens is 1. The predicted molar refractivity (Wildman–Crippen MR) is 81.4 cm³/mol. The summed E-state index contributed by atoms with van der Waals surface area (Å²) in [6.07, 6.45) is 2.30. The third-order valence-corrected chi connectivity index (χ3v) is 4.23. The minimum absolute atomic E-state index is 0.206. The Morgan fingerprint density at radius 2 is 2.14 bits per heavy atom. The highest BCUT2D eigenvalue weighted by Gasteiger charge is 2.31. The number of ether oxygens (including phenoxy) is 2. The monoisotopic (exact) mass is 314 g/mol. The number of carbonyl (C=O) groups excluding carboxylic acids is 2. The van der Waals surface area contributed by atoms with E-state index >= 15 is 0 Å². The smallest absolute Gasteiger partial charge is 0.305 e. The van der Waals surface area contributed by atoms with Crippen molar-refractivity contribution < 1.29 is 19.1 Å². The van der Waals surface area contributed by atoms with E-state index in [1.807, 2.05) is 12.3 Å². The van der Waals surface area contributed by atoms with Crippen LogP contribution < -0.4 is 5.32 Å². The molecule has 0 spiro atoms. The summed E-state index contributed by atoms with van der Waals surface area (Å²) in [5.74, 6) is -0.430. The lowest BCUT2D eigenvalue weighted by Crippen LogP contribution is -2.41. The van der Waals surface area contributed by atoms with Gasteiger partial charge in [0.25, 0.3) is 5.91 Å². The minimum Gasteiger partial charge on any atom is -0.469 e. The van der Waals surface area contributed by atoms with Crippen LogP contribution in [0.3, 0.4) is 0 Å². The molecule has 0 radical (unpaired) electrons. The Morgan fingerprint density at radius 1 is 1.43 bits per heavy atom. The zero-order valence-electron chi connectivity index (χ0n) is 12.9. The van der Waals surface area contributed by atoms with E-state index < -0.39 is 5.60 Å². The maximum atomic E-state index is 12.1. The SMILES string of the molecule is CCC(C)(OC)C(=O)Nc1nc(CCCC(=O)OC)cs1. The van der Waals surface area contributed by atoms with E-state index in [0.29, 0.717) is 30.8 Å². The topological polar surface area (TPSA) is 77.5 Å². The molecular weight excluding hydrogens is 292 g/mol. The maximum Gasteiger partial charge on any atom is 0.305 e. The van der Waals surface area contributed by atoms with Crippen LogP contribution in [0.5, 0.6) is 0 Å². The van der Waals surface area contributed by atoms with Crippen LogP contribution in [0.2, 0.25) is 0 Å². The van der Waals surface area contributed by atoms with Crippen LogP contribution in [-0.2, 0) is 25.5 Å². The van der Waals surface area contributed by atoms with Gasteiger partial charge in [0.15, 0.2) is 5.13 Å². The number of nitrogens with zero attached hydrogens (tertiary/aromatic N) is 1. The summed E-state index contributed by atoms with van der Waals surface area (Å²) < 4.78 is 9.83. The molecule has 0 saturated heterocycles. The third-order valence-electron chi connectivity index (χ3n) is 3.42. The Bertz CT molecular complexity index is 483. The number of amides is 1. The normalized spacial score (nSPS) is 13.5. The first-order valence-corrected chi connectivity index (χ1v) is 7.71. The molecule has 0 aliphatic carbocycles. The van der Waals surface area contributed by atoms with E-state index in [1.54, 1.807) is 6.92 Å². The molecule has 1 rings (SSSR count). The lowest BCUT2D eigenvalue weighted by atomic mass is 10.0. The molecule has 21 heavy (non-hydrogen) atoms. The fourth-order valence-electron chi connectivity index (χ4n) is 1.62. The molecule has 1 amide bonds. The van der Waals surface area contributed by atoms with Gasteiger partial charge in [0, 0.05) is 18.9 Å². The van der Waals surface area contributed by atoms with Gasteiger partial charge in [-0.15, -0.1) is 11.3 Å². The number of anilines is 1. The van der Waals surface area contributed by atoms with Crippen molar-refractivity contribution in [3.05, 3.63) is 11.1 Å². The molecule has 1 heterocycles. The maximum absolute atomic E-state index is 12.1. The van der Waals surface area contributed by atoms with Crippen LogP contribution in [0, 0.1) is 0 Å². The molecule has 0 aromatic carbocycles. The summed E-state index contributed by atoms with van der Waals surface area (Å²) in [5.41, 5.74) is 0.00584. The summed E-state index contributed by atoms with van der Waals surface area (Å²) >= 11 is 1.36. The zero-order valence-corrected chi connectivity index (χ0v) is 13.7. The second-order valence-corrected chi connectivity index (χ2v) is 5.67. The van der Waals surface area contributed by atoms with Gasteiger partial charge in [0.1, 0.15) is 5.60 Å². The molecule has 6 nitrogen and oxygen atoms in total. The lowest BCUT2D eigenvalue weighted by molar-refractivity contribution is -0.140. The Balaban J connectivity index is 2.52. The Morgan fingerprint density at radius 3 is 2.71 bits per heavy atom. The molecule has 0 bridgehead atoms. The van der Waals surface area contributed by atoms with Crippen molar-refractivity contribution in [3.8, 4) is 0 Å². The summed E-state index contributed by atoms with van der Waals surface area (Å²) in [4.78, 5) is 27.5. The average molecular weight is 314 g/mol. The molecule has 7 heteroatoms. The van der Waals surface area contributed by atoms with Crippen molar-refractivity contribution in [3.63, 3.8) is 0 Å². The van der Waals surface area contributed by atoms with E-state index in [1.165, 1.54) is 25.6 Å². The molecule has 1 aromatic heterocycles. The molecule has 0 saturated carbocycles. The number of nitrogens with one attached hydrogen (secondary N) is 1. The summed E-state index contributed by atoms with van der Waals surface area (Å²) in [7, 11) is 2.89. The van der Waals surface area contributed by atoms with Crippen molar-refractivity contribution in [1.82, 2.24) is 4.98 Å². The number of thiazole rings is 1. The Hall–Kier alpha value is -1.47. The van der Waals surface area contributed by atoms with E-state index in [2.05, 4.69) is 15.0 Å². The molecule has 118 valence electrons. The number of aryl methyl sites for hydroxylation is 1. The van der Waals surface area contributed by atoms with Crippen molar-refractivity contribution in [2.24, 2.45) is 0 Å². The van der Waals surface area contributed by atoms with Gasteiger partial charge in [0.2, 0.25) is 0 Å². The Kier molecular flexibility index (Phi) is 6.77. The van der Waals surface area contributed by atoms with Crippen LogP contribution in [-0.4, -0.2) is 36.7 Å². The number of hydrogen-bond donors (Lipinski definition) is 1. The molecular formula is C14H22N2O4S. The van der Waals surface area contributed by atoms with Gasteiger partial charge in [-0.25, -0.2) is 4.98 Å². The number of esters is 1. The van der Waals surface area contributed by atoms with E-state index in [0.717, 1.165) is 5.69 Å². The first kappa shape index (κ1) is 17.6. The van der Waals surface area contributed by atoms with Gasteiger partial charge in [-0.3, -0.25) is 14.9 Å². The van der Waals surface area contributed by atoms with Crippen LogP contribution in [0.4, 0.5) is 5.13 Å². The van der Waals surface area contributed by atoms with Crippen LogP contribution in [0.15, 0.2) is 5.38 Å². The second-order valence-electron chi connectivity index (χ2n) is 4.82. The van der Waals surface area contributed by atoms with Gasteiger partial charge in [-0.05, 0) is 26.2 Å². The summed E-state index contributed by atoms with van der Waals surface area (Å²) in [5, 5.41) is 5.19. The molecule has 0 fully saturated rings. The van der Waals surface area contributed by atoms with E-state index in [4.69, 9.17) is 4.74 Å². The van der Waals surface area contributed by atoms with Gasteiger partial charge in [-0.2, -0.15) is 0 Å². The van der Waals surface area contributed by atoms with Crippen molar-refractivity contribution in [2.45, 2.75) is 45.1 Å². The summed E-state index contributed by atoms with van der Waals surface area (Å²) in [6.45, 7) is 3.64. The molecule has 1 N–H and O–H groups in total. The third kappa shape index (κ3) is 5.09. The average Bonchev–Trinajstić information content (AvgIpc) is 2.93. The fourth-order valence-corrected chi connectivity index (χ4v) is 2.36. The number of rotatable bonds is 8. The summed E-state index contributed by atoms with van der Waals surface area (Å²) in [6, 6.07) is 0.